The van der Waals surface area contributed by atoms with E-state index in [-0.39, 0.29) is 29.2 Å². The van der Waals surface area contributed by atoms with Crippen molar-refractivity contribution >= 4 is 41.3 Å². The van der Waals surface area contributed by atoms with Gasteiger partial charge in [-0.3, -0.25) is 4.79 Å². The number of benzene rings is 3. The van der Waals surface area contributed by atoms with Crippen LogP contribution in [-0.4, -0.2) is 37.4 Å². The number of carboxylic acid groups (broad SMARTS) is 1. The number of hydrogen-bond acceptors (Lipinski definition) is 6. The first-order valence-corrected chi connectivity index (χ1v) is 10.6. The highest BCUT2D eigenvalue weighted by Crippen LogP contribution is 2.33. The molecule has 0 aromatic heterocycles. The molecule has 3 rings (SSSR count). The number of aromatic carboxylic acids is 1. The van der Waals surface area contributed by atoms with Crippen LogP contribution in [0.25, 0.3) is 0 Å². The first-order chi connectivity index (χ1) is 16.3. The van der Waals surface area contributed by atoms with Crippen LogP contribution in [0.2, 0.25) is 10.0 Å². The molecule has 0 aliphatic rings. The zero-order chi connectivity index (χ0) is 24.7. The Morgan fingerprint density at radius 2 is 1.76 bits per heavy atom. The van der Waals surface area contributed by atoms with Gasteiger partial charge in [0.05, 0.1) is 20.4 Å². The molecular formula is C24H20Cl2N2O6. The summed E-state index contributed by atoms with van der Waals surface area (Å²) in [6.45, 7) is 0.239. The van der Waals surface area contributed by atoms with Crippen LogP contribution in [0.5, 0.6) is 17.2 Å². The topological polar surface area (TPSA) is 106 Å². The molecular weight excluding hydrogens is 483 g/mol. The van der Waals surface area contributed by atoms with E-state index in [1.54, 1.807) is 48.5 Å². The molecule has 3 aromatic rings. The zero-order valence-electron chi connectivity index (χ0n) is 18.2. The maximum absolute atomic E-state index is 12.4. The lowest BCUT2D eigenvalue weighted by molar-refractivity contribution is 0.0692. The third-order valence-electron chi connectivity index (χ3n) is 4.69. The molecule has 0 fully saturated rings. The number of carboxylic acids is 1. The van der Waals surface area contributed by atoms with Crippen molar-refractivity contribution < 1.29 is 28.9 Å². The van der Waals surface area contributed by atoms with Crippen molar-refractivity contribution in [3.05, 3.63) is 86.9 Å². The normalized spacial score (nSPS) is 10.7. The number of nitrogens with one attached hydrogen (secondary N) is 1. The van der Waals surface area contributed by atoms with Crippen LogP contribution < -0.4 is 19.6 Å². The van der Waals surface area contributed by atoms with Gasteiger partial charge in [0.1, 0.15) is 17.9 Å². The molecule has 0 saturated carbocycles. The number of hydrazone groups is 1. The molecule has 176 valence electrons. The molecule has 0 unspecified atom stereocenters. The molecule has 8 nitrogen and oxygen atoms in total. The molecule has 0 spiro atoms. The monoisotopic (exact) mass is 502 g/mol. The predicted octanol–water partition coefficient (Wildman–Crippen LogP) is 5.05. The Balaban J connectivity index is 1.64. The Kier molecular flexibility index (Phi) is 8.34. The lowest BCUT2D eigenvalue weighted by Gasteiger charge is -2.12. The SMILES string of the molecule is COc1ccc(/C=N/NC(=O)c2ccc(OCc3ccc(Cl)cc3Cl)cc2)c(C(=O)O)c1OC. The Morgan fingerprint density at radius 1 is 1.03 bits per heavy atom. The number of carbonyl (C=O) groups excluding carboxylic acids is 1. The van der Waals surface area contributed by atoms with E-state index in [9.17, 15) is 14.7 Å². The molecule has 1 amide bonds. The van der Waals surface area contributed by atoms with Gasteiger partial charge in [-0.1, -0.05) is 29.3 Å². The van der Waals surface area contributed by atoms with Crippen LogP contribution in [-0.2, 0) is 6.61 Å². The molecule has 0 bridgehead atoms. The van der Waals surface area contributed by atoms with E-state index < -0.39 is 11.9 Å². The first-order valence-electron chi connectivity index (χ1n) is 9.82. The van der Waals surface area contributed by atoms with Gasteiger partial charge >= 0.3 is 5.97 Å². The summed E-state index contributed by atoms with van der Waals surface area (Å²) in [6.07, 6.45) is 1.22. The Morgan fingerprint density at radius 3 is 2.38 bits per heavy atom. The van der Waals surface area contributed by atoms with Gasteiger partial charge in [-0.05, 0) is 48.5 Å². The Hall–Kier alpha value is -3.75. The maximum atomic E-state index is 12.4. The van der Waals surface area contributed by atoms with Crippen molar-refractivity contribution in [1.29, 1.82) is 0 Å². The van der Waals surface area contributed by atoms with Crippen molar-refractivity contribution in [2.24, 2.45) is 5.10 Å². The molecule has 0 aliphatic heterocycles. The summed E-state index contributed by atoms with van der Waals surface area (Å²) < 4.78 is 16.0. The smallest absolute Gasteiger partial charge is 0.340 e. The summed E-state index contributed by atoms with van der Waals surface area (Å²) in [7, 11) is 2.74. The second-order valence-electron chi connectivity index (χ2n) is 6.82. The average Bonchev–Trinajstić information content (AvgIpc) is 2.83. The highest BCUT2D eigenvalue weighted by atomic mass is 35.5. The van der Waals surface area contributed by atoms with Gasteiger partial charge in [0.15, 0.2) is 11.5 Å². The van der Waals surface area contributed by atoms with E-state index >= 15 is 0 Å². The molecule has 0 heterocycles. The molecule has 34 heavy (non-hydrogen) atoms. The predicted molar refractivity (Wildman–Crippen MR) is 129 cm³/mol. The van der Waals surface area contributed by atoms with Crippen molar-refractivity contribution in [3.63, 3.8) is 0 Å². The Bertz CT molecular complexity index is 1230. The number of nitrogens with zero attached hydrogens (tertiary/aromatic N) is 1. The summed E-state index contributed by atoms with van der Waals surface area (Å²) in [5.41, 5.74) is 3.57. The van der Waals surface area contributed by atoms with Crippen LogP contribution in [0, 0.1) is 0 Å². The van der Waals surface area contributed by atoms with Gasteiger partial charge in [0.2, 0.25) is 0 Å². The van der Waals surface area contributed by atoms with E-state index in [2.05, 4.69) is 10.5 Å². The standard InChI is InChI=1S/C24H20Cl2N2O6/c1-32-20-10-6-15(21(24(30)31)22(20)33-2)12-27-28-23(29)14-4-8-18(9-5-14)34-13-16-3-7-17(25)11-19(16)26/h3-12H,13H2,1-2H3,(H,28,29)(H,30,31)/b27-12+. The van der Waals surface area contributed by atoms with Gasteiger partial charge < -0.3 is 19.3 Å². The number of carbonyl (C=O) groups is 2. The fourth-order valence-electron chi connectivity index (χ4n) is 3.00. The Labute approximate surface area is 205 Å². The second kappa shape index (κ2) is 11.4. The van der Waals surface area contributed by atoms with E-state index in [1.807, 2.05) is 0 Å². The molecule has 3 aromatic carbocycles. The van der Waals surface area contributed by atoms with Crippen molar-refractivity contribution in [1.82, 2.24) is 5.43 Å². The fourth-order valence-corrected chi connectivity index (χ4v) is 3.46. The average molecular weight is 503 g/mol. The van der Waals surface area contributed by atoms with Crippen LogP contribution in [0.1, 0.15) is 31.8 Å². The summed E-state index contributed by atoms with van der Waals surface area (Å²) in [5, 5.41) is 14.5. The van der Waals surface area contributed by atoms with E-state index in [0.717, 1.165) is 5.56 Å². The van der Waals surface area contributed by atoms with Gasteiger partial charge in [-0.15, -0.1) is 0 Å². The van der Waals surface area contributed by atoms with E-state index in [4.69, 9.17) is 37.4 Å². The molecule has 0 saturated heterocycles. The van der Waals surface area contributed by atoms with Crippen LogP contribution in [0.3, 0.4) is 0 Å². The largest absolute Gasteiger partial charge is 0.493 e. The van der Waals surface area contributed by atoms with Crippen molar-refractivity contribution in [2.75, 3.05) is 14.2 Å². The maximum Gasteiger partial charge on any atom is 0.340 e. The molecule has 10 heteroatoms. The van der Waals surface area contributed by atoms with Gasteiger partial charge in [-0.25, -0.2) is 10.2 Å². The zero-order valence-corrected chi connectivity index (χ0v) is 19.7. The summed E-state index contributed by atoms with van der Waals surface area (Å²) in [5.74, 6) is -0.843. The van der Waals surface area contributed by atoms with Crippen molar-refractivity contribution in [2.45, 2.75) is 6.61 Å². The minimum Gasteiger partial charge on any atom is -0.493 e. The number of hydrogen-bond donors (Lipinski definition) is 2. The highest BCUT2D eigenvalue weighted by molar-refractivity contribution is 6.35. The van der Waals surface area contributed by atoms with E-state index in [1.165, 1.54) is 26.5 Å². The summed E-state index contributed by atoms with van der Waals surface area (Å²) in [4.78, 5) is 24.1. The number of methoxy groups -OCH3 is 2. The summed E-state index contributed by atoms with van der Waals surface area (Å²) >= 11 is 12.0. The second-order valence-corrected chi connectivity index (χ2v) is 7.66. The van der Waals surface area contributed by atoms with Crippen LogP contribution in [0.15, 0.2) is 59.7 Å². The van der Waals surface area contributed by atoms with E-state index in [0.29, 0.717) is 21.4 Å². The fraction of sp³-hybridized carbons (Fsp3) is 0.125. The minimum absolute atomic E-state index is 0.0563. The third kappa shape index (κ3) is 5.98. The van der Waals surface area contributed by atoms with Gasteiger partial charge in [0.25, 0.3) is 5.91 Å². The lowest BCUT2D eigenvalue weighted by Crippen LogP contribution is -2.18. The van der Waals surface area contributed by atoms with Crippen LogP contribution >= 0.6 is 23.2 Å². The molecule has 0 aliphatic carbocycles. The number of amides is 1. The lowest BCUT2D eigenvalue weighted by atomic mass is 10.1. The van der Waals surface area contributed by atoms with Gasteiger partial charge in [0, 0.05) is 26.7 Å². The molecule has 0 radical (unpaired) electrons. The first kappa shape index (κ1) is 24.9. The minimum atomic E-state index is -1.22. The molecule has 0 atom stereocenters. The number of halogens is 2. The number of rotatable bonds is 9. The highest BCUT2D eigenvalue weighted by Gasteiger charge is 2.20. The third-order valence-corrected chi connectivity index (χ3v) is 5.27. The quantitative estimate of drug-likeness (QED) is 0.313. The number of ether oxygens (including phenoxy) is 3. The van der Waals surface area contributed by atoms with Crippen LogP contribution in [0.4, 0.5) is 0 Å². The summed E-state index contributed by atoms with van der Waals surface area (Å²) in [6, 6.07) is 14.6. The van der Waals surface area contributed by atoms with Gasteiger partial charge in [-0.2, -0.15) is 5.10 Å². The molecule has 2 N–H and O–H groups in total. The van der Waals surface area contributed by atoms with Crippen molar-refractivity contribution in [3.8, 4) is 17.2 Å².